The topological polar surface area (TPSA) is 57.8 Å². The first kappa shape index (κ1) is 14.1. The molecule has 0 bridgehead atoms. The maximum absolute atomic E-state index is 11.6. The Kier molecular flexibility index (Phi) is 3.69. The second-order valence-electron chi connectivity index (χ2n) is 4.61. The number of carboxylic acids is 1. The van der Waals surface area contributed by atoms with Gasteiger partial charge in [0.25, 0.3) is 0 Å². The molecule has 21 heavy (non-hydrogen) atoms. The molecule has 0 radical (unpaired) electrons. The number of nitrogens with zero attached hydrogens (tertiary/aromatic N) is 3. The van der Waals surface area contributed by atoms with Gasteiger partial charge in [-0.25, -0.2) is 9.78 Å². The lowest BCUT2D eigenvalue weighted by molar-refractivity contribution is 0.0690. The van der Waals surface area contributed by atoms with Crippen LogP contribution in [-0.4, -0.2) is 27.5 Å². The van der Waals surface area contributed by atoms with Crippen molar-refractivity contribution in [1.82, 2.24) is 9.38 Å². The summed E-state index contributed by atoms with van der Waals surface area (Å²) in [7, 11) is 1.85. The molecule has 0 amide bonds. The summed E-state index contributed by atoms with van der Waals surface area (Å²) in [6, 6.07) is 7.46. The molecule has 0 saturated heterocycles. The normalized spacial score (nSPS) is 11.0. The number of anilines is 1. The van der Waals surface area contributed by atoms with Crippen molar-refractivity contribution in [2.24, 2.45) is 0 Å². The average Bonchev–Trinajstić information content (AvgIpc) is 3.02. The lowest BCUT2D eigenvalue weighted by atomic mass is 10.3. The van der Waals surface area contributed by atoms with Gasteiger partial charge < -0.3 is 10.0 Å². The van der Waals surface area contributed by atoms with Crippen LogP contribution in [0.4, 0.5) is 5.82 Å². The van der Waals surface area contributed by atoms with Crippen LogP contribution in [0.15, 0.2) is 40.3 Å². The molecule has 3 rings (SSSR count). The molecule has 3 aromatic heterocycles. The van der Waals surface area contributed by atoms with E-state index in [4.69, 9.17) is 0 Å². The molecule has 1 N–H and O–H groups in total. The van der Waals surface area contributed by atoms with E-state index < -0.39 is 5.97 Å². The second-order valence-corrected chi connectivity index (χ2v) is 6.52. The van der Waals surface area contributed by atoms with Gasteiger partial charge in [-0.3, -0.25) is 4.40 Å². The van der Waals surface area contributed by atoms with Crippen molar-refractivity contribution in [2.75, 3.05) is 11.9 Å². The van der Waals surface area contributed by atoms with Gasteiger partial charge >= 0.3 is 5.97 Å². The Morgan fingerprint density at radius 1 is 1.52 bits per heavy atom. The van der Waals surface area contributed by atoms with Crippen molar-refractivity contribution in [3.8, 4) is 0 Å². The fourth-order valence-electron chi connectivity index (χ4n) is 2.19. The molecule has 0 saturated carbocycles. The summed E-state index contributed by atoms with van der Waals surface area (Å²) in [6.07, 6.45) is 1.71. The SMILES string of the molecule is CN(Cc1cc(Br)cs1)c1nc2ccccn2c1C(=O)O. The summed E-state index contributed by atoms with van der Waals surface area (Å²) >= 11 is 5.05. The second kappa shape index (κ2) is 5.50. The first-order valence-electron chi connectivity index (χ1n) is 6.20. The van der Waals surface area contributed by atoms with E-state index >= 15 is 0 Å². The first-order valence-corrected chi connectivity index (χ1v) is 7.88. The molecule has 7 heteroatoms. The quantitative estimate of drug-likeness (QED) is 0.768. The Labute approximate surface area is 133 Å². The summed E-state index contributed by atoms with van der Waals surface area (Å²) in [5, 5.41) is 11.5. The van der Waals surface area contributed by atoms with Gasteiger partial charge in [-0.2, -0.15) is 0 Å². The summed E-state index contributed by atoms with van der Waals surface area (Å²) in [6.45, 7) is 0.612. The van der Waals surface area contributed by atoms with Crippen LogP contribution in [0.5, 0.6) is 0 Å². The van der Waals surface area contributed by atoms with Crippen molar-refractivity contribution < 1.29 is 9.90 Å². The third-order valence-electron chi connectivity index (χ3n) is 3.09. The molecular formula is C14H12BrN3O2S. The molecule has 0 fully saturated rings. The van der Waals surface area contributed by atoms with Crippen LogP contribution in [0, 0.1) is 0 Å². The number of pyridine rings is 1. The first-order chi connectivity index (χ1) is 10.1. The van der Waals surface area contributed by atoms with Gasteiger partial charge in [0.1, 0.15) is 5.65 Å². The molecule has 0 spiro atoms. The summed E-state index contributed by atoms with van der Waals surface area (Å²) in [4.78, 5) is 19.0. The molecule has 0 unspecified atom stereocenters. The average molecular weight is 366 g/mol. The zero-order valence-electron chi connectivity index (χ0n) is 11.2. The van der Waals surface area contributed by atoms with Crippen LogP contribution in [0.1, 0.15) is 15.4 Å². The van der Waals surface area contributed by atoms with E-state index in [1.165, 1.54) is 0 Å². The van der Waals surface area contributed by atoms with Crippen molar-refractivity contribution in [3.63, 3.8) is 0 Å². The number of rotatable bonds is 4. The molecule has 3 heterocycles. The van der Waals surface area contributed by atoms with E-state index in [0.717, 1.165) is 9.35 Å². The number of hydrogen-bond donors (Lipinski definition) is 1. The lowest BCUT2D eigenvalue weighted by Crippen LogP contribution is -2.19. The van der Waals surface area contributed by atoms with E-state index in [9.17, 15) is 9.90 Å². The highest BCUT2D eigenvalue weighted by Crippen LogP contribution is 2.25. The fraction of sp³-hybridized carbons (Fsp3) is 0.143. The van der Waals surface area contributed by atoms with Crippen LogP contribution in [-0.2, 0) is 6.54 Å². The van der Waals surface area contributed by atoms with E-state index in [1.54, 1.807) is 34.1 Å². The van der Waals surface area contributed by atoms with Gasteiger partial charge in [0, 0.05) is 28.0 Å². The minimum Gasteiger partial charge on any atom is -0.476 e. The third kappa shape index (κ3) is 2.66. The molecule has 3 aromatic rings. The Balaban J connectivity index is 2.02. The summed E-state index contributed by atoms with van der Waals surface area (Å²) in [5.41, 5.74) is 0.813. The van der Waals surface area contributed by atoms with Crippen LogP contribution >= 0.6 is 27.3 Å². The highest BCUT2D eigenvalue weighted by atomic mass is 79.9. The minimum absolute atomic E-state index is 0.184. The van der Waals surface area contributed by atoms with Crippen LogP contribution in [0.2, 0.25) is 0 Å². The zero-order chi connectivity index (χ0) is 15.0. The smallest absolute Gasteiger partial charge is 0.356 e. The Bertz CT molecular complexity index is 812. The fourth-order valence-corrected chi connectivity index (χ4v) is 3.70. The third-order valence-corrected chi connectivity index (χ3v) is 4.77. The summed E-state index contributed by atoms with van der Waals surface area (Å²) in [5.74, 6) is -0.513. The molecule has 108 valence electrons. The summed E-state index contributed by atoms with van der Waals surface area (Å²) < 4.78 is 2.63. The van der Waals surface area contributed by atoms with Gasteiger partial charge in [0.2, 0.25) is 0 Å². The molecule has 0 aliphatic heterocycles. The van der Waals surface area contributed by atoms with Gasteiger partial charge in [0.15, 0.2) is 11.5 Å². The highest BCUT2D eigenvalue weighted by molar-refractivity contribution is 9.10. The number of carbonyl (C=O) groups is 1. The van der Waals surface area contributed by atoms with Gasteiger partial charge in [0.05, 0.1) is 6.54 Å². The maximum atomic E-state index is 11.6. The van der Waals surface area contributed by atoms with Crippen molar-refractivity contribution in [2.45, 2.75) is 6.54 Å². The Morgan fingerprint density at radius 2 is 2.33 bits per heavy atom. The van der Waals surface area contributed by atoms with Crippen molar-refractivity contribution >= 4 is 44.7 Å². The number of aromatic nitrogens is 2. The lowest BCUT2D eigenvalue weighted by Gasteiger charge is -2.16. The zero-order valence-corrected chi connectivity index (χ0v) is 13.6. The number of thiophene rings is 1. The number of fused-ring (bicyclic) bond motifs is 1. The van der Waals surface area contributed by atoms with Gasteiger partial charge in [-0.05, 0) is 34.1 Å². The number of hydrogen-bond acceptors (Lipinski definition) is 4. The number of halogens is 1. The maximum Gasteiger partial charge on any atom is 0.356 e. The predicted molar refractivity (Wildman–Crippen MR) is 86.3 cm³/mol. The standard InChI is InChI=1S/C14H12BrN3O2S/c1-17(7-10-6-9(15)8-21-10)13-12(14(19)20)18-5-3-2-4-11(18)16-13/h2-6,8H,7H2,1H3,(H,19,20). The van der Waals surface area contributed by atoms with E-state index in [2.05, 4.69) is 20.9 Å². The van der Waals surface area contributed by atoms with Gasteiger partial charge in [-0.15, -0.1) is 11.3 Å². The number of carboxylic acid groups (broad SMARTS) is 1. The van der Waals surface area contributed by atoms with Crippen molar-refractivity contribution in [3.05, 3.63) is 50.9 Å². The Hall–Kier alpha value is -1.86. The highest BCUT2D eigenvalue weighted by Gasteiger charge is 2.21. The van der Waals surface area contributed by atoms with E-state index in [-0.39, 0.29) is 5.69 Å². The Morgan fingerprint density at radius 3 is 3.00 bits per heavy atom. The number of imidazole rings is 1. The van der Waals surface area contributed by atoms with Crippen LogP contribution < -0.4 is 4.90 Å². The largest absolute Gasteiger partial charge is 0.476 e. The van der Waals surface area contributed by atoms with Crippen LogP contribution in [0.25, 0.3) is 5.65 Å². The van der Waals surface area contributed by atoms with Gasteiger partial charge in [-0.1, -0.05) is 6.07 Å². The monoisotopic (exact) mass is 365 g/mol. The van der Waals surface area contributed by atoms with Crippen molar-refractivity contribution in [1.29, 1.82) is 0 Å². The molecule has 5 nitrogen and oxygen atoms in total. The molecule has 0 aliphatic carbocycles. The molecular weight excluding hydrogens is 354 g/mol. The molecule has 0 aliphatic rings. The molecule has 0 atom stereocenters. The molecule has 0 aromatic carbocycles. The minimum atomic E-state index is -0.983. The predicted octanol–water partition coefficient (Wildman–Crippen LogP) is 3.49. The number of aromatic carboxylic acids is 1. The van der Waals surface area contributed by atoms with Crippen LogP contribution in [0.3, 0.4) is 0 Å². The van der Waals surface area contributed by atoms with E-state index in [1.807, 2.05) is 29.5 Å². The van der Waals surface area contributed by atoms with E-state index in [0.29, 0.717) is 18.0 Å².